The van der Waals surface area contributed by atoms with Gasteiger partial charge in [0.05, 0.1) is 0 Å². The minimum absolute atomic E-state index is 0.0150. The third-order valence-electron chi connectivity index (χ3n) is 7.83. The number of ketones is 1. The fourth-order valence-electron chi connectivity index (χ4n) is 5.28. The number of ether oxygens (including phenoxy) is 2. The van der Waals surface area contributed by atoms with E-state index in [1.54, 1.807) is 6.07 Å². The number of fused-ring (bicyclic) bond motifs is 1. The van der Waals surface area contributed by atoms with Gasteiger partial charge in [0.25, 0.3) is 0 Å². The molecule has 1 fully saturated rings. The molecule has 2 N–H and O–H groups in total. The Bertz CT molecular complexity index is 1300. The van der Waals surface area contributed by atoms with Crippen molar-refractivity contribution >= 4 is 16.8 Å². The van der Waals surface area contributed by atoms with Gasteiger partial charge >= 0.3 is 0 Å². The zero-order chi connectivity index (χ0) is 29.7. The topological polar surface area (TPSA) is 72.7 Å². The molecule has 0 aliphatic heterocycles. The number of Topliss-reactive ketones (excluding diaryl/α,β-unsaturated/α-hetero) is 1. The maximum Gasteiger partial charge on any atom is 0.200 e. The highest BCUT2D eigenvalue weighted by Gasteiger charge is 2.31. The quantitative estimate of drug-likeness (QED) is 0.184. The highest BCUT2D eigenvalue weighted by atomic mass is 19.1. The van der Waals surface area contributed by atoms with Crippen LogP contribution in [0.3, 0.4) is 0 Å². The van der Waals surface area contributed by atoms with Gasteiger partial charge in [-0.15, -0.1) is 0 Å². The predicted octanol–water partition coefficient (Wildman–Crippen LogP) is 7.65. The second-order valence-corrected chi connectivity index (χ2v) is 12.5. The summed E-state index contributed by atoms with van der Waals surface area (Å²) in [5.41, 5.74) is 1.62. The molecule has 0 amide bonds. The number of nitrogens with one attached hydrogen (secondary N) is 2. The smallest absolute Gasteiger partial charge is 0.200 e. The third-order valence-corrected chi connectivity index (χ3v) is 7.83. The molecule has 1 heterocycles. The van der Waals surface area contributed by atoms with Gasteiger partial charge in [-0.2, -0.15) is 0 Å². The Morgan fingerprint density at radius 3 is 2.44 bits per heavy atom. The molecule has 0 bridgehead atoms. The van der Waals surface area contributed by atoms with Crippen molar-refractivity contribution < 1.29 is 23.1 Å². The minimum atomic E-state index is -0.279. The molecule has 6 nitrogen and oxygen atoms in total. The van der Waals surface area contributed by atoms with Crippen LogP contribution in [0.4, 0.5) is 4.39 Å². The average molecular weight is 567 g/mol. The minimum Gasteiger partial charge on any atom is -0.490 e. The van der Waals surface area contributed by atoms with Crippen molar-refractivity contribution in [2.24, 2.45) is 5.92 Å². The molecular weight excluding hydrogens is 519 g/mol. The van der Waals surface area contributed by atoms with E-state index in [0.29, 0.717) is 35.7 Å². The molecule has 2 aromatic carbocycles. The molecule has 1 saturated carbocycles. The van der Waals surface area contributed by atoms with Gasteiger partial charge < -0.3 is 24.5 Å². The van der Waals surface area contributed by atoms with Crippen LogP contribution in [0.15, 0.2) is 46.9 Å². The lowest BCUT2D eigenvalue weighted by Gasteiger charge is -2.37. The predicted molar refractivity (Wildman–Crippen MR) is 163 cm³/mol. The molecular formula is C34H47FN2O4. The lowest BCUT2D eigenvalue weighted by molar-refractivity contribution is 0.0816. The molecule has 3 aromatic rings. The number of halogens is 1. The van der Waals surface area contributed by atoms with E-state index in [1.165, 1.54) is 6.07 Å². The third kappa shape index (κ3) is 8.79. The summed E-state index contributed by atoms with van der Waals surface area (Å²) < 4.78 is 32.0. The Labute approximate surface area is 244 Å². The van der Waals surface area contributed by atoms with Crippen LogP contribution in [0.5, 0.6) is 11.5 Å². The van der Waals surface area contributed by atoms with E-state index in [1.807, 2.05) is 58.0 Å². The molecule has 2 unspecified atom stereocenters. The number of hydrogen-bond donors (Lipinski definition) is 2. The second kappa shape index (κ2) is 13.8. The van der Waals surface area contributed by atoms with E-state index in [2.05, 4.69) is 31.4 Å². The maximum absolute atomic E-state index is 14.0. The molecule has 1 aliphatic rings. The number of furan rings is 1. The van der Waals surface area contributed by atoms with Crippen LogP contribution in [0.2, 0.25) is 0 Å². The molecule has 0 saturated heterocycles. The molecule has 7 heteroatoms. The summed E-state index contributed by atoms with van der Waals surface area (Å²) in [5.74, 6) is 1.57. The summed E-state index contributed by atoms with van der Waals surface area (Å²) in [6.45, 7) is 15.0. The van der Waals surface area contributed by atoms with Crippen molar-refractivity contribution in [3.05, 3.63) is 59.6 Å². The monoisotopic (exact) mass is 566 g/mol. The van der Waals surface area contributed by atoms with E-state index in [9.17, 15) is 9.18 Å². The Kier molecular flexibility index (Phi) is 10.5. The molecule has 4 rings (SSSR count). The standard InChI is InChI=1S/C34H47FN2O4/c1-20(2)25-12-27(35)16-30(13-25)39-24(7)19-36-23(6)9-8-22(5)34(38)33-15-26-14-29(10-11-32(26)41-33)40-31-17-28(18-31)37-21(3)4/h10-16,20-24,28,31,36-37H,8-9,17-19H2,1-7H3/t22?,23?,24-,28?,31?/m0/s1. The van der Waals surface area contributed by atoms with Gasteiger partial charge in [-0.3, -0.25) is 4.79 Å². The fraction of sp³-hybridized carbons (Fsp3) is 0.559. The molecule has 1 aliphatic carbocycles. The van der Waals surface area contributed by atoms with Crippen molar-refractivity contribution in [2.45, 2.75) is 110 Å². The average Bonchev–Trinajstić information content (AvgIpc) is 3.31. The highest BCUT2D eigenvalue weighted by molar-refractivity contribution is 5.99. The number of hydrogen-bond acceptors (Lipinski definition) is 6. The van der Waals surface area contributed by atoms with E-state index in [0.717, 1.165) is 42.4 Å². The Hall–Kier alpha value is -2.90. The van der Waals surface area contributed by atoms with Gasteiger partial charge in [-0.05, 0) is 87.4 Å². The summed E-state index contributed by atoms with van der Waals surface area (Å²) in [4.78, 5) is 13.1. The van der Waals surface area contributed by atoms with Crippen molar-refractivity contribution in [3.8, 4) is 11.5 Å². The first-order valence-electron chi connectivity index (χ1n) is 15.2. The first kappa shape index (κ1) is 31.0. The van der Waals surface area contributed by atoms with Crippen LogP contribution in [0, 0.1) is 11.7 Å². The van der Waals surface area contributed by atoms with Gasteiger partial charge in [0.1, 0.15) is 35.1 Å². The van der Waals surface area contributed by atoms with Crippen molar-refractivity contribution in [2.75, 3.05) is 6.54 Å². The Morgan fingerprint density at radius 1 is 0.976 bits per heavy atom. The van der Waals surface area contributed by atoms with Gasteiger partial charge in [0, 0.05) is 42.0 Å². The van der Waals surface area contributed by atoms with Crippen LogP contribution in [0.25, 0.3) is 11.0 Å². The van der Waals surface area contributed by atoms with E-state index < -0.39 is 0 Å². The van der Waals surface area contributed by atoms with Crippen LogP contribution in [0.1, 0.15) is 96.2 Å². The molecule has 41 heavy (non-hydrogen) atoms. The fourth-order valence-corrected chi connectivity index (χ4v) is 5.28. The summed E-state index contributed by atoms with van der Waals surface area (Å²) >= 11 is 0. The zero-order valence-corrected chi connectivity index (χ0v) is 25.6. The van der Waals surface area contributed by atoms with Crippen LogP contribution < -0.4 is 20.1 Å². The first-order chi connectivity index (χ1) is 19.5. The number of carbonyl (C=O) groups is 1. The molecule has 0 radical (unpaired) electrons. The second-order valence-electron chi connectivity index (χ2n) is 12.5. The summed E-state index contributed by atoms with van der Waals surface area (Å²) in [6.07, 6.45) is 3.69. The van der Waals surface area contributed by atoms with E-state index in [4.69, 9.17) is 13.9 Å². The Balaban J connectivity index is 1.21. The van der Waals surface area contributed by atoms with E-state index >= 15 is 0 Å². The lowest BCUT2D eigenvalue weighted by Crippen LogP contribution is -2.49. The normalized spacial score (nSPS) is 19.3. The van der Waals surface area contributed by atoms with Crippen molar-refractivity contribution in [1.82, 2.24) is 10.6 Å². The molecule has 3 atom stereocenters. The van der Waals surface area contributed by atoms with Crippen LogP contribution >= 0.6 is 0 Å². The number of carbonyl (C=O) groups excluding carboxylic acids is 1. The van der Waals surface area contributed by atoms with Crippen molar-refractivity contribution in [1.29, 1.82) is 0 Å². The molecule has 1 aromatic heterocycles. The zero-order valence-electron chi connectivity index (χ0n) is 25.6. The van der Waals surface area contributed by atoms with Gasteiger partial charge in [0.15, 0.2) is 5.76 Å². The van der Waals surface area contributed by atoms with Gasteiger partial charge in [-0.25, -0.2) is 4.39 Å². The summed E-state index contributed by atoms with van der Waals surface area (Å²) in [5, 5.41) is 7.91. The lowest BCUT2D eigenvalue weighted by atomic mass is 9.88. The number of benzene rings is 2. The first-order valence-corrected chi connectivity index (χ1v) is 15.2. The molecule has 224 valence electrons. The maximum atomic E-state index is 14.0. The highest BCUT2D eigenvalue weighted by Crippen LogP contribution is 2.31. The SMILES string of the molecule is CC(C)NC1CC(Oc2ccc3oc(C(=O)C(C)CCC(C)NC[C@H](C)Oc4cc(F)cc(C(C)C)c4)cc3c2)C1. The van der Waals surface area contributed by atoms with Gasteiger partial charge in [-0.1, -0.05) is 34.6 Å². The number of rotatable bonds is 15. The van der Waals surface area contributed by atoms with Crippen LogP contribution in [-0.4, -0.2) is 42.7 Å². The van der Waals surface area contributed by atoms with E-state index in [-0.39, 0.29) is 41.7 Å². The van der Waals surface area contributed by atoms with Gasteiger partial charge in [0.2, 0.25) is 5.78 Å². The van der Waals surface area contributed by atoms with Crippen molar-refractivity contribution in [3.63, 3.8) is 0 Å². The summed E-state index contributed by atoms with van der Waals surface area (Å²) in [7, 11) is 0. The molecule has 0 spiro atoms. The largest absolute Gasteiger partial charge is 0.490 e. The van der Waals surface area contributed by atoms with Crippen LogP contribution in [-0.2, 0) is 0 Å². The summed E-state index contributed by atoms with van der Waals surface area (Å²) in [6, 6.07) is 13.7. The Morgan fingerprint density at radius 2 is 1.73 bits per heavy atom.